The van der Waals surface area contributed by atoms with Crippen molar-refractivity contribution in [2.75, 3.05) is 0 Å². The van der Waals surface area contributed by atoms with E-state index >= 15 is 0 Å². The largest absolute Gasteiger partial charge is 0.451 e. The molecule has 0 aliphatic rings. The van der Waals surface area contributed by atoms with Gasteiger partial charge in [0.25, 0.3) is 0 Å². The Balaban J connectivity index is 0.000000156. The summed E-state index contributed by atoms with van der Waals surface area (Å²) in [5.41, 5.74) is 2.12. The van der Waals surface area contributed by atoms with Crippen molar-refractivity contribution < 1.29 is 4.42 Å². The molecule has 0 bridgehead atoms. The van der Waals surface area contributed by atoms with Crippen LogP contribution < -0.4 is 10.6 Å². The van der Waals surface area contributed by atoms with Crippen LogP contribution in [0.1, 0.15) is 25.1 Å². The first kappa shape index (κ1) is 19.1. The summed E-state index contributed by atoms with van der Waals surface area (Å²) in [5.74, 6) is 0. The van der Waals surface area contributed by atoms with Gasteiger partial charge in [0, 0.05) is 5.41 Å². The SMILES string of the molecule is CC(C)(c1ccccc1)c1cocn1.c1ccc(Pc2ccccc2)cc1. The minimum Gasteiger partial charge on any atom is -0.451 e. The highest BCUT2D eigenvalue weighted by Gasteiger charge is 2.25. The van der Waals surface area contributed by atoms with Crippen LogP contribution in [0.2, 0.25) is 0 Å². The van der Waals surface area contributed by atoms with Crippen molar-refractivity contribution in [3.8, 4) is 0 Å². The maximum Gasteiger partial charge on any atom is 0.180 e. The molecule has 0 radical (unpaired) electrons. The number of nitrogens with zero attached hydrogens (tertiary/aromatic N) is 1. The third-order valence-corrected chi connectivity index (χ3v) is 5.65. The fourth-order valence-corrected chi connectivity index (χ4v) is 3.79. The molecule has 1 heterocycles. The Morgan fingerprint density at radius 1 is 0.704 bits per heavy atom. The molecule has 2 nitrogen and oxygen atoms in total. The summed E-state index contributed by atoms with van der Waals surface area (Å²) in [5, 5.41) is 2.79. The molecule has 136 valence electrons. The summed E-state index contributed by atoms with van der Waals surface area (Å²) in [6.45, 7) is 4.28. The predicted molar refractivity (Wildman–Crippen MR) is 116 cm³/mol. The topological polar surface area (TPSA) is 26.0 Å². The lowest BCUT2D eigenvalue weighted by atomic mass is 9.82. The van der Waals surface area contributed by atoms with Gasteiger partial charge in [0.2, 0.25) is 0 Å². The molecule has 0 N–H and O–H groups in total. The minimum absolute atomic E-state index is 0.0890. The van der Waals surface area contributed by atoms with E-state index in [1.165, 1.54) is 22.6 Å². The average molecular weight is 373 g/mol. The van der Waals surface area contributed by atoms with Crippen molar-refractivity contribution in [3.05, 3.63) is 115 Å². The first-order valence-electron chi connectivity index (χ1n) is 8.97. The molecule has 0 unspecified atom stereocenters. The second kappa shape index (κ2) is 9.30. The molecule has 3 heteroatoms. The highest BCUT2D eigenvalue weighted by Crippen LogP contribution is 2.29. The molecule has 4 rings (SSSR count). The molecule has 0 fully saturated rings. The number of hydrogen-bond donors (Lipinski definition) is 0. The molecule has 0 saturated carbocycles. The molecule has 0 spiro atoms. The molecule has 0 saturated heterocycles. The summed E-state index contributed by atoms with van der Waals surface area (Å²) < 4.78 is 5.01. The molecule has 4 aromatic rings. The Labute approximate surface area is 163 Å². The van der Waals surface area contributed by atoms with Gasteiger partial charge in [0.05, 0.1) is 5.69 Å². The van der Waals surface area contributed by atoms with E-state index in [9.17, 15) is 0 Å². The maximum absolute atomic E-state index is 5.01. The first-order chi connectivity index (χ1) is 13.2. The molecule has 0 atom stereocenters. The molecule has 27 heavy (non-hydrogen) atoms. The van der Waals surface area contributed by atoms with E-state index in [1.807, 2.05) is 18.2 Å². The summed E-state index contributed by atoms with van der Waals surface area (Å²) in [6.07, 6.45) is 3.17. The van der Waals surface area contributed by atoms with Crippen LogP contribution in [0.15, 0.2) is 108 Å². The zero-order valence-electron chi connectivity index (χ0n) is 15.7. The average Bonchev–Trinajstić information content (AvgIpc) is 3.27. The van der Waals surface area contributed by atoms with Crippen molar-refractivity contribution in [1.29, 1.82) is 0 Å². The van der Waals surface area contributed by atoms with Crippen molar-refractivity contribution in [2.24, 2.45) is 0 Å². The van der Waals surface area contributed by atoms with E-state index < -0.39 is 0 Å². The fourth-order valence-electron chi connectivity index (χ4n) is 2.73. The Morgan fingerprint density at radius 2 is 1.19 bits per heavy atom. The minimum atomic E-state index is -0.0890. The van der Waals surface area contributed by atoms with Gasteiger partial charge in [-0.3, -0.25) is 0 Å². The Morgan fingerprint density at radius 3 is 1.63 bits per heavy atom. The van der Waals surface area contributed by atoms with Crippen molar-refractivity contribution in [2.45, 2.75) is 19.3 Å². The van der Waals surface area contributed by atoms with Crippen LogP contribution in [0.3, 0.4) is 0 Å². The number of aromatic nitrogens is 1. The van der Waals surface area contributed by atoms with Gasteiger partial charge in [0.15, 0.2) is 6.39 Å². The van der Waals surface area contributed by atoms with E-state index in [4.69, 9.17) is 4.42 Å². The Kier molecular flexibility index (Phi) is 6.57. The van der Waals surface area contributed by atoms with E-state index in [-0.39, 0.29) is 5.41 Å². The highest BCUT2D eigenvalue weighted by molar-refractivity contribution is 7.55. The van der Waals surface area contributed by atoms with Crippen molar-refractivity contribution in [3.63, 3.8) is 0 Å². The van der Waals surface area contributed by atoms with Crippen LogP contribution in [0.5, 0.6) is 0 Å². The molecular weight excluding hydrogens is 349 g/mol. The lowest BCUT2D eigenvalue weighted by molar-refractivity contribution is 0.547. The first-order valence-corrected chi connectivity index (χ1v) is 9.97. The van der Waals surface area contributed by atoms with E-state index in [1.54, 1.807) is 6.26 Å². The second-order valence-electron chi connectivity index (χ2n) is 6.72. The molecule has 0 amide bonds. The molecule has 0 aliphatic heterocycles. The summed E-state index contributed by atoms with van der Waals surface area (Å²) in [4.78, 5) is 4.20. The molecule has 1 aromatic heterocycles. The smallest absolute Gasteiger partial charge is 0.180 e. The summed E-state index contributed by atoms with van der Waals surface area (Å²) in [7, 11) is 0.777. The van der Waals surface area contributed by atoms with Gasteiger partial charge >= 0.3 is 0 Å². The number of benzene rings is 3. The zero-order chi connectivity index (χ0) is 19.0. The van der Waals surface area contributed by atoms with E-state index in [0.29, 0.717) is 0 Å². The van der Waals surface area contributed by atoms with Crippen LogP contribution in [0, 0.1) is 0 Å². The van der Waals surface area contributed by atoms with Gasteiger partial charge in [-0.05, 0) is 16.2 Å². The number of oxazole rings is 1. The van der Waals surface area contributed by atoms with Crippen LogP contribution in [-0.2, 0) is 5.41 Å². The molecule has 0 aliphatic carbocycles. The number of hydrogen-bond acceptors (Lipinski definition) is 2. The summed E-state index contributed by atoms with van der Waals surface area (Å²) >= 11 is 0. The predicted octanol–water partition coefficient (Wildman–Crippen LogP) is 5.32. The van der Waals surface area contributed by atoms with Crippen LogP contribution in [0.4, 0.5) is 0 Å². The van der Waals surface area contributed by atoms with Crippen LogP contribution >= 0.6 is 8.58 Å². The maximum atomic E-state index is 5.01. The quantitative estimate of drug-likeness (QED) is 0.453. The van der Waals surface area contributed by atoms with Gasteiger partial charge < -0.3 is 4.42 Å². The van der Waals surface area contributed by atoms with Crippen molar-refractivity contribution in [1.82, 2.24) is 4.98 Å². The van der Waals surface area contributed by atoms with Gasteiger partial charge in [-0.15, -0.1) is 0 Å². The Bertz CT molecular complexity index is 867. The van der Waals surface area contributed by atoms with E-state index in [0.717, 1.165) is 14.3 Å². The van der Waals surface area contributed by atoms with Gasteiger partial charge in [-0.2, -0.15) is 0 Å². The lowest BCUT2D eigenvalue weighted by Crippen LogP contribution is -2.18. The van der Waals surface area contributed by atoms with Crippen LogP contribution in [0.25, 0.3) is 0 Å². The second-order valence-corrected chi connectivity index (χ2v) is 8.13. The summed E-state index contributed by atoms with van der Waals surface area (Å²) in [6, 6.07) is 31.5. The molecular formula is C24H24NOP. The van der Waals surface area contributed by atoms with Gasteiger partial charge in [-0.25, -0.2) is 4.98 Å². The Hall–Kier alpha value is -2.70. The highest BCUT2D eigenvalue weighted by atomic mass is 31.1. The number of rotatable bonds is 4. The third kappa shape index (κ3) is 5.39. The van der Waals surface area contributed by atoms with Crippen molar-refractivity contribution >= 4 is 19.2 Å². The zero-order valence-corrected chi connectivity index (χ0v) is 16.7. The van der Waals surface area contributed by atoms with Crippen LogP contribution in [-0.4, -0.2) is 4.98 Å². The fraction of sp³-hybridized carbons (Fsp3) is 0.125. The standard InChI is InChI=1S/C12H13NO.C12H11P/c1-12(2,11-8-14-9-13-11)10-6-4-3-5-7-10;1-3-7-11(8-4-1)13-12-9-5-2-6-10-12/h3-9H,1-2H3;1-10,13H. The third-order valence-electron chi connectivity index (χ3n) is 4.40. The lowest BCUT2D eigenvalue weighted by Gasteiger charge is -2.22. The normalized spacial score (nSPS) is 10.7. The molecule has 3 aromatic carbocycles. The monoisotopic (exact) mass is 373 g/mol. The van der Waals surface area contributed by atoms with E-state index in [2.05, 4.69) is 91.6 Å². The van der Waals surface area contributed by atoms with Gasteiger partial charge in [0.1, 0.15) is 6.26 Å². The van der Waals surface area contributed by atoms with Gasteiger partial charge in [-0.1, -0.05) is 113 Å².